The van der Waals surface area contributed by atoms with Crippen molar-refractivity contribution in [2.75, 3.05) is 6.61 Å². The second-order valence-corrected chi connectivity index (χ2v) is 8.61. The summed E-state index contributed by atoms with van der Waals surface area (Å²) in [6, 6.07) is 4.34. The molecule has 0 aliphatic heterocycles. The first-order valence-electron chi connectivity index (χ1n) is 10.5. The van der Waals surface area contributed by atoms with Crippen molar-refractivity contribution in [3.63, 3.8) is 0 Å². The number of phenols is 1. The average Bonchev–Trinajstić information content (AvgIpc) is 2.60. The fourth-order valence-corrected chi connectivity index (χ4v) is 4.04. The summed E-state index contributed by atoms with van der Waals surface area (Å²) in [5, 5.41) is 21.2. The molecule has 8 nitrogen and oxygen atoms in total. The van der Waals surface area contributed by atoms with Crippen LogP contribution in [0.4, 0.5) is 0 Å². The van der Waals surface area contributed by atoms with Gasteiger partial charge in [0.05, 0.1) is 30.3 Å². The highest BCUT2D eigenvalue weighted by Crippen LogP contribution is 2.48. The normalized spacial score (nSPS) is 26.1. The summed E-state index contributed by atoms with van der Waals surface area (Å²) < 4.78 is 16.1. The van der Waals surface area contributed by atoms with E-state index in [0.29, 0.717) is 5.56 Å². The number of aliphatic hydroxyl groups is 1. The molecule has 0 aromatic heterocycles. The molecule has 31 heavy (non-hydrogen) atoms. The number of esters is 2. The third kappa shape index (κ3) is 5.55. The Bertz CT molecular complexity index is 819. The van der Waals surface area contributed by atoms with E-state index in [9.17, 15) is 24.6 Å². The predicted octanol–water partition coefficient (Wildman–Crippen LogP) is 2.73. The van der Waals surface area contributed by atoms with Crippen LogP contribution in [0.15, 0.2) is 18.2 Å². The van der Waals surface area contributed by atoms with E-state index < -0.39 is 59.7 Å². The van der Waals surface area contributed by atoms with Gasteiger partial charge in [-0.1, -0.05) is 6.07 Å². The van der Waals surface area contributed by atoms with Crippen LogP contribution in [0.5, 0.6) is 11.5 Å². The molecule has 2 N–H and O–H groups in total. The van der Waals surface area contributed by atoms with E-state index in [1.807, 2.05) is 0 Å². The third-order valence-electron chi connectivity index (χ3n) is 5.15. The Kier molecular flexibility index (Phi) is 7.70. The lowest BCUT2D eigenvalue weighted by Gasteiger charge is -2.44. The fourth-order valence-electron chi connectivity index (χ4n) is 4.04. The number of hydrogen-bond donors (Lipinski definition) is 2. The number of aromatic hydroxyl groups is 1. The van der Waals surface area contributed by atoms with Crippen LogP contribution in [0.3, 0.4) is 0 Å². The van der Waals surface area contributed by atoms with E-state index in [0.717, 1.165) is 0 Å². The van der Waals surface area contributed by atoms with Crippen LogP contribution in [-0.2, 0) is 23.9 Å². The molecule has 172 valence electrons. The Morgan fingerprint density at radius 1 is 1.13 bits per heavy atom. The van der Waals surface area contributed by atoms with Gasteiger partial charge in [-0.05, 0) is 59.2 Å². The summed E-state index contributed by atoms with van der Waals surface area (Å²) in [6.07, 6.45) is -1.32. The Hall–Kier alpha value is -2.61. The van der Waals surface area contributed by atoms with Crippen molar-refractivity contribution < 1.29 is 38.8 Å². The first-order chi connectivity index (χ1) is 14.4. The van der Waals surface area contributed by atoms with Crippen molar-refractivity contribution in [1.82, 2.24) is 0 Å². The zero-order valence-corrected chi connectivity index (χ0v) is 18.9. The van der Waals surface area contributed by atoms with Gasteiger partial charge in [0, 0.05) is 12.3 Å². The SMILES string of the molecule is CCOc1cc([C@@H]2[C@H](C(=O)OC(C)C)C(=O)C[C@](C)(O)[C@@H]2C(=O)OC(C)C)ccc1O. The molecule has 1 aromatic carbocycles. The molecule has 0 saturated heterocycles. The van der Waals surface area contributed by atoms with Gasteiger partial charge in [0.15, 0.2) is 17.3 Å². The molecule has 1 aliphatic carbocycles. The predicted molar refractivity (Wildman–Crippen MR) is 112 cm³/mol. The van der Waals surface area contributed by atoms with Crippen LogP contribution >= 0.6 is 0 Å². The fraction of sp³-hybridized carbons (Fsp3) is 0.609. The van der Waals surface area contributed by atoms with E-state index in [2.05, 4.69) is 0 Å². The summed E-state index contributed by atoms with van der Waals surface area (Å²) >= 11 is 0. The van der Waals surface area contributed by atoms with Crippen LogP contribution in [0.25, 0.3) is 0 Å². The number of ether oxygens (including phenoxy) is 3. The van der Waals surface area contributed by atoms with Crippen LogP contribution < -0.4 is 4.74 Å². The van der Waals surface area contributed by atoms with E-state index in [1.54, 1.807) is 34.6 Å². The van der Waals surface area contributed by atoms with Crippen LogP contribution in [0.2, 0.25) is 0 Å². The summed E-state index contributed by atoms with van der Waals surface area (Å²) in [7, 11) is 0. The molecule has 1 aromatic rings. The number of ketones is 1. The highest BCUT2D eigenvalue weighted by Gasteiger charge is 2.57. The summed E-state index contributed by atoms with van der Waals surface area (Å²) in [5.41, 5.74) is -1.36. The maximum atomic E-state index is 13.1. The molecule has 4 atom stereocenters. The van der Waals surface area contributed by atoms with Gasteiger partial charge in [-0.15, -0.1) is 0 Å². The number of carbonyl (C=O) groups excluding carboxylic acids is 3. The van der Waals surface area contributed by atoms with Gasteiger partial charge in [0.25, 0.3) is 0 Å². The van der Waals surface area contributed by atoms with E-state index >= 15 is 0 Å². The number of benzene rings is 1. The Morgan fingerprint density at radius 3 is 2.26 bits per heavy atom. The average molecular weight is 437 g/mol. The van der Waals surface area contributed by atoms with Gasteiger partial charge >= 0.3 is 11.9 Å². The molecule has 0 amide bonds. The van der Waals surface area contributed by atoms with Gasteiger partial charge in [-0.3, -0.25) is 14.4 Å². The van der Waals surface area contributed by atoms with Gasteiger partial charge in [-0.25, -0.2) is 0 Å². The van der Waals surface area contributed by atoms with Crippen molar-refractivity contribution in [2.24, 2.45) is 11.8 Å². The van der Waals surface area contributed by atoms with Gasteiger partial charge in [0.2, 0.25) is 0 Å². The quantitative estimate of drug-likeness (QED) is 0.495. The van der Waals surface area contributed by atoms with Crippen molar-refractivity contribution in [1.29, 1.82) is 0 Å². The second-order valence-electron chi connectivity index (χ2n) is 8.61. The van der Waals surface area contributed by atoms with Crippen LogP contribution in [0, 0.1) is 11.8 Å². The molecule has 8 heteroatoms. The minimum absolute atomic E-state index is 0.123. The highest BCUT2D eigenvalue weighted by atomic mass is 16.5. The zero-order valence-electron chi connectivity index (χ0n) is 18.9. The maximum Gasteiger partial charge on any atom is 0.317 e. The summed E-state index contributed by atoms with van der Waals surface area (Å²) in [5.74, 6) is -5.58. The monoisotopic (exact) mass is 436 g/mol. The molecule has 1 aliphatic rings. The van der Waals surface area contributed by atoms with Crippen LogP contribution in [0.1, 0.15) is 59.4 Å². The smallest absolute Gasteiger partial charge is 0.317 e. The second kappa shape index (κ2) is 9.68. The lowest BCUT2D eigenvalue weighted by atomic mass is 9.61. The minimum atomic E-state index is -1.74. The lowest BCUT2D eigenvalue weighted by molar-refractivity contribution is -0.176. The molecule has 0 radical (unpaired) electrons. The molecule has 1 saturated carbocycles. The van der Waals surface area contributed by atoms with Crippen molar-refractivity contribution in [3.05, 3.63) is 23.8 Å². The van der Waals surface area contributed by atoms with E-state index in [1.165, 1.54) is 25.1 Å². The lowest BCUT2D eigenvalue weighted by Crippen LogP contribution is -2.55. The van der Waals surface area contributed by atoms with Crippen molar-refractivity contribution in [2.45, 2.75) is 71.7 Å². The largest absolute Gasteiger partial charge is 0.504 e. The number of rotatable bonds is 7. The zero-order chi connectivity index (χ0) is 23.5. The first-order valence-corrected chi connectivity index (χ1v) is 10.5. The van der Waals surface area contributed by atoms with E-state index in [-0.39, 0.29) is 18.1 Å². The molecule has 0 heterocycles. The standard InChI is InChI=1S/C23H32O8/c1-7-29-17-10-14(8-9-15(17)24)18-19(21(26)30-12(2)3)16(25)11-23(6,28)20(18)22(27)31-13(4)5/h8-10,12-13,18-20,24,28H,7,11H2,1-6H3/t18-,19-,20+,23+/m1/s1. The number of carbonyl (C=O) groups is 3. The van der Waals surface area contributed by atoms with Crippen molar-refractivity contribution in [3.8, 4) is 11.5 Å². The van der Waals surface area contributed by atoms with E-state index in [4.69, 9.17) is 14.2 Å². The Balaban J connectivity index is 2.67. The number of phenolic OH excluding ortho intramolecular Hbond substituents is 1. The number of Topliss-reactive ketones (excluding diaryl/α,β-unsaturated/α-hetero) is 1. The third-order valence-corrected chi connectivity index (χ3v) is 5.15. The molecule has 2 rings (SSSR count). The molecular formula is C23H32O8. The topological polar surface area (TPSA) is 119 Å². The van der Waals surface area contributed by atoms with Crippen molar-refractivity contribution >= 4 is 17.7 Å². The molecule has 1 fully saturated rings. The van der Waals surface area contributed by atoms with Gasteiger partial charge in [0.1, 0.15) is 5.92 Å². The molecule has 0 bridgehead atoms. The first kappa shape index (κ1) is 24.7. The molecule has 0 spiro atoms. The number of hydrogen-bond acceptors (Lipinski definition) is 8. The molecular weight excluding hydrogens is 404 g/mol. The van der Waals surface area contributed by atoms with Gasteiger partial charge < -0.3 is 24.4 Å². The van der Waals surface area contributed by atoms with Gasteiger partial charge in [-0.2, -0.15) is 0 Å². The maximum absolute atomic E-state index is 13.1. The summed E-state index contributed by atoms with van der Waals surface area (Å²) in [6.45, 7) is 10.1. The summed E-state index contributed by atoms with van der Waals surface area (Å²) in [4.78, 5) is 39.0. The highest BCUT2D eigenvalue weighted by molar-refractivity contribution is 6.02. The Labute approximate surface area is 182 Å². The Morgan fingerprint density at radius 2 is 1.71 bits per heavy atom. The molecule has 0 unspecified atom stereocenters. The minimum Gasteiger partial charge on any atom is -0.504 e. The van der Waals surface area contributed by atoms with Crippen LogP contribution in [-0.4, -0.2) is 52.4 Å².